The lowest BCUT2D eigenvalue weighted by atomic mass is 10.0. The van der Waals surface area contributed by atoms with Gasteiger partial charge in [0, 0.05) is 62.8 Å². The fraction of sp³-hybridized carbons (Fsp3) is 0.444. The van der Waals surface area contributed by atoms with Crippen molar-refractivity contribution in [3.63, 3.8) is 0 Å². The molecule has 0 radical (unpaired) electrons. The first-order valence-electron chi connectivity index (χ1n) is 17.1. The smallest absolute Gasteiger partial charge is 0.252 e. The van der Waals surface area contributed by atoms with Crippen LogP contribution in [-0.4, -0.2) is 99.4 Å². The van der Waals surface area contributed by atoms with E-state index in [0.29, 0.717) is 44.1 Å². The third-order valence-electron chi connectivity index (χ3n) is 8.50. The van der Waals surface area contributed by atoms with Crippen molar-refractivity contribution in [2.24, 2.45) is 0 Å². The Morgan fingerprint density at radius 2 is 1.80 bits per heavy atom. The van der Waals surface area contributed by atoms with E-state index in [0.717, 1.165) is 22.7 Å². The van der Waals surface area contributed by atoms with Crippen LogP contribution in [0.25, 0.3) is 0 Å². The Hall–Kier alpha value is -5.28. The van der Waals surface area contributed by atoms with Gasteiger partial charge in [-0.25, -0.2) is 4.68 Å². The summed E-state index contributed by atoms with van der Waals surface area (Å²) < 4.78 is 18.7. The molecule has 15 nitrogen and oxygen atoms in total. The minimum atomic E-state index is -1.28. The maximum atomic E-state index is 13.7. The van der Waals surface area contributed by atoms with Crippen molar-refractivity contribution in [2.45, 2.75) is 70.8 Å². The number of aliphatic hydroxyl groups is 1. The summed E-state index contributed by atoms with van der Waals surface area (Å²) in [6.07, 6.45) is 1.36. The van der Waals surface area contributed by atoms with Gasteiger partial charge in [-0.2, -0.15) is 0 Å². The minimum absolute atomic E-state index is 0.143. The van der Waals surface area contributed by atoms with Gasteiger partial charge in [0.2, 0.25) is 11.8 Å². The van der Waals surface area contributed by atoms with Crippen molar-refractivity contribution in [3.05, 3.63) is 89.1 Å². The first kappa shape index (κ1) is 37.0. The second kappa shape index (κ2) is 17.6. The number of amides is 3. The van der Waals surface area contributed by atoms with E-state index in [4.69, 9.17) is 14.0 Å². The Morgan fingerprint density at radius 3 is 2.53 bits per heavy atom. The first-order chi connectivity index (χ1) is 24.6. The van der Waals surface area contributed by atoms with Crippen LogP contribution in [0.15, 0.2) is 65.3 Å². The maximum absolute atomic E-state index is 13.7. The number of rotatable bonds is 7. The molecule has 4 N–H and O–H groups in total. The predicted molar refractivity (Wildman–Crippen MR) is 186 cm³/mol. The molecule has 3 atom stereocenters. The number of ether oxygens (including phenoxy) is 2. The van der Waals surface area contributed by atoms with Gasteiger partial charge < -0.3 is 35.1 Å². The number of fused-ring (bicyclic) bond motifs is 16. The Balaban J connectivity index is 1.40. The van der Waals surface area contributed by atoms with Crippen molar-refractivity contribution in [3.8, 4) is 11.5 Å². The van der Waals surface area contributed by atoms with Crippen molar-refractivity contribution in [2.75, 3.05) is 33.4 Å². The third-order valence-corrected chi connectivity index (χ3v) is 8.50. The Morgan fingerprint density at radius 1 is 1.00 bits per heavy atom. The standard InChI is InChI=1S/C36H46N8O7/c1-23(2)31-20-28(41-51-31)21-43-14-12-27-22-44(42-40-27)16-17-50-30-11-10-26(19-32(30)49-4)34(46)38-29(18-25-8-6-5-7-9-25)35(47)39-33(24(3)45)36(48)37-13-15-43/h5-11,19-20,22-24,29,33,45H,12-18,21H2,1-4H3,(H,37,48)(H,38,46)(H,39,47)/t24-,29-,33+/m1/s1. The number of nitrogens with one attached hydrogen (secondary N) is 3. The van der Waals surface area contributed by atoms with E-state index in [1.807, 2.05) is 56.4 Å². The zero-order chi connectivity index (χ0) is 36.3. The topological polar surface area (TPSA) is 186 Å². The number of benzene rings is 2. The number of nitrogens with zero attached hydrogens (tertiary/aromatic N) is 5. The largest absolute Gasteiger partial charge is 0.493 e. The van der Waals surface area contributed by atoms with Crippen LogP contribution in [0, 0.1) is 0 Å². The summed E-state index contributed by atoms with van der Waals surface area (Å²) in [6.45, 7) is 7.87. The number of carbonyl (C=O) groups excluding carboxylic acids is 3. The van der Waals surface area contributed by atoms with Crippen LogP contribution in [0.4, 0.5) is 0 Å². The van der Waals surface area contributed by atoms with Crippen LogP contribution in [0.5, 0.6) is 11.5 Å². The van der Waals surface area contributed by atoms with E-state index in [2.05, 4.69) is 36.3 Å². The molecule has 2 aromatic carbocycles. The molecule has 4 bridgehead atoms. The van der Waals surface area contributed by atoms with E-state index in [1.165, 1.54) is 20.1 Å². The molecular weight excluding hydrogens is 656 g/mol. The lowest BCUT2D eigenvalue weighted by molar-refractivity contribution is -0.132. The summed E-state index contributed by atoms with van der Waals surface area (Å²) >= 11 is 0. The van der Waals surface area contributed by atoms with E-state index in [9.17, 15) is 19.5 Å². The second-order valence-corrected chi connectivity index (χ2v) is 12.8. The first-order valence-corrected chi connectivity index (χ1v) is 17.1. The van der Waals surface area contributed by atoms with Gasteiger partial charge in [-0.1, -0.05) is 54.5 Å². The lowest BCUT2D eigenvalue weighted by Crippen LogP contribution is -2.58. The fourth-order valence-corrected chi connectivity index (χ4v) is 5.59. The zero-order valence-corrected chi connectivity index (χ0v) is 29.4. The molecule has 4 heterocycles. The van der Waals surface area contributed by atoms with Crippen LogP contribution >= 0.6 is 0 Å². The Kier molecular flexibility index (Phi) is 12.8. The second-order valence-electron chi connectivity index (χ2n) is 12.8. The van der Waals surface area contributed by atoms with E-state index >= 15 is 0 Å². The maximum Gasteiger partial charge on any atom is 0.252 e. The molecule has 2 aromatic heterocycles. The van der Waals surface area contributed by atoms with Crippen LogP contribution in [0.2, 0.25) is 0 Å². The highest BCUT2D eigenvalue weighted by Crippen LogP contribution is 2.28. The molecule has 3 amide bonds. The summed E-state index contributed by atoms with van der Waals surface area (Å²) in [5.41, 5.74) is 2.57. The molecule has 15 heteroatoms. The summed E-state index contributed by atoms with van der Waals surface area (Å²) in [5.74, 6) is 0.0157. The number of hydrogen-bond donors (Lipinski definition) is 4. The molecule has 0 fully saturated rings. The molecular formula is C36H46N8O7. The van der Waals surface area contributed by atoms with Crippen LogP contribution in [-0.2, 0) is 35.5 Å². The average Bonchev–Trinajstić information content (AvgIpc) is 3.79. The molecule has 2 aliphatic rings. The zero-order valence-electron chi connectivity index (χ0n) is 29.4. The fourth-order valence-electron chi connectivity index (χ4n) is 5.59. The van der Waals surface area contributed by atoms with Crippen LogP contribution in [0.3, 0.4) is 0 Å². The molecule has 0 saturated heterocycles. The highest BCUT2D eigenvalue weighted by Gasteiger charge is 2.30. The molecule has 0 saturated carbocycles. The molecule has 2 aliphatic heterocycles. The highest BCUT2D eigenvalue weighted by atomic mass is 16.5. The number of methoxy groups -OCH3 is 1. The van der Waals surface area contributed by atoms with Gasteiger partial charge >= 0.3 is 0 Å². The van der Waals surface area contributed by atoms with Gasteiger partial charge in [0.1, 0.15) is 24.5 Å². The number of aliphatic hydroxyl groups excluding tert-OH is 1. The van der Waals surface area contributed by atoms with E-state index < -0.39 is 35.9 Å². The highest BCUT2D eigenvalue weighted by molar-refractivity contribution is 5.99. The summed E-state index contributed by atoms with van der Waals surface area (Å²) in [6, 6.07) is 13.5. The molecule has 0 spiro atoms. The van der Waals surface area contributed by atoms with Gasteiger partial charge in [-0.15, -0.1) is 5.10 Å². The Bertz CT molecular complexity index is 1760. The quantitative estimate of drug-likeness (QED) is 0.206. The molecule has 51 heavy (non-hydrogen) atoms. The molecule has 6 rings (SSSR count). The normalized spacial score (nSPS) is 19.1. The van der Waals surface area contributed by atoms with Crippen LogP contribution in [0.1, 0.15) is 59.8 Å². The van der Waals surface area contributed by atoms with Crippen molar-refractivity contribution in [1.29, 1.82) is 0 Å². The molecule has 4 aromatic rings. The van der Waals surface area contributed by atoms with E-state index in [1.54, 1.807) is 16.8 Å². The lowest BCUT2D eigenvalue weighted by Gasteiger charge is -2.26. The number of hydrogen-bond acceptors (Lipinski definition) is 11. The summed E-state index contributed by atoms with van der Waals surface area (Å²) in [5, 5.41) is 31.7. The minimum Gasteiger partial charge on any atom is -0.493 e. The van der Waals surface area contributed by atoms with Crippen molar-refractivity contribution < 1.29 is 33.5 Å². The SMILES string of the molecule is COc1cc2ccc1OCCn1cc(nn1)CCN(Cc1cc(C(C)C)on1)CCNC(=O)[C@H]([C@@H](C)O)NC(=O)[C@@H](Cc1ccccc1)NC2=O. The summed E-state index contributed by atoms with van der Waals surface area (Å²) in [4.78, 5) is 42.8. The van der Waals surface area contributed by atoms with Crippen LogP contribution < -0.4 is 25.4 Å². The van der Waals surface area contributed by atoms with Gasteiger partial charge in [-0.05, 0) is 30.7 Å². The molecule has 0 aliphatic carbocycles. The Labute approximate surface area is 296 Å². The van der Waals surface area contributed by atoms with Gasteiger partial charge in [0.25, 0.3) is 5.91 Å². The van der Waals surface area contributed by atoms with Gasteiger partial charge in [-0.3, -0.25) is 19.3 Å². The van der Waals surface area contributed by atoms with Gasteiger partial charge in [0.05, 0.1) is 31.1 Å². The van der Waals surface area contributed by atoms with Crippen molar-refractivity contribution in [1.82, 2.24) is 41.0 Å². The monoisotopic (exact) mass is 702 g/mol. The predicted octanol–water partition coefficient (Wildman–Crippen LogP) is 1.86. The third kappa shape index (κ3) is 10.4. The van der Waals surface area contributed by atoms with Crippen molar-refractivity contribution >= 4 is 17.7 Å². The molecule has 0 unspecified atom stereocenters. The number of carbonyl (C=O) groups is 3. The van der Waals surface area contributed by atoms with Gasteiger partial charge in [0.15, 0.2) is 11.5 Å². The molecule has 272 valence electrons. The number of aromatic nitrogens is 4. The summed E-state index contributed by atoms with van der Waals surface area (Å²) in [7, 11) is 1.47. The van der Waals surface area contributed by atoms with E-state index in [-0.39, 0.29) is 31.1 Å². The average molecular weight is 703 g/mol.